The molecule has 0 amide bonds. The molecule has 0 unspecified atom stereocenters. The Morgan fingerprint density at radius 1 is 0.846 bits per heavy atom. The molecule has 1 heterocycles. The van der Waals surface area contributed by atoms with Crippen LogP contribution in [0, 0.1) is 6.92 Å². The fourth-order valence-corrected chi connectivity index (χ4v) is 2.79. The average Bonchev–Trinajstić information content (AvgIpc) is 3.02. The van der Waals surface area contributed by atoms with Gasteiger partial charge < -0.3 is 28.9 Å². The highest BCUT2D eigenvalue weighted by Crippen LogP contribution is 2.44. The Balaban J connectivity index is 2.20. The van der Waals surface area contributed by atoms with Gasteiger partial charge in [-0.1, -0.05) is 11.2 Å². The molecule has 2 N–H and O–H groups in total. The van der Waals surface area contributed by atoms with Gasteiger partial charge in [-0.15, -0.1) is 0 Å². The molecule has 7 nitrogen and oxygen atoms in total. The number of rotatable bonds is 5. The molecule has 3 rings (SSSR count). The van der Waals surface area contributed by atoms with Crippen molar-refractivity contribution in [1.29, 1.82) is 0 Å². The lowest BCUT2D eigenvalue weighted by molar-refractivity contribution is 0.355. The zero-order valence-electron chi connectivity index (χ0n) is 14.9. The lowest BCUT2D eigenvalue weighted by Gasteiger charge is -2.11. The van der Waals surface area contributed by atoms with Crippen molar-refractivity contribution in [3.05, 3.63) is 36.0 Å². The fourth-order valence-electron chi connectivity index (χ4n) is 2.79. The molecular formula is C19H19NO6. The summed E-state index contributed by atoms with van der Waals surface area (Å²) >= 11 is 0. The van der Waals surface area contributed by atoms with Crippen LogP contribution in [0.1, 0.15) is 5.69 Å². The Kier molecular flexibility index (Phi) is 4.62. The quantitative estimate of drug-likeness (QED) is 0.718. The fraction of sp³-hybridized carbons (Fsp3) is 0.211. The van der Waals surface area contributed by atoms with E-state index in [9.17, 15) is 10.2 Å². The molecule has 2 aromatic carbocycles. The molecule has 136 valence electrons. The molecule has 3 aromatic rings. The lowest BCUT2D eigenvalue weighted by atomic mass is 9.98. The first-order chi connectivity index (χ1) is 12.5. The van der Waals surface area contributed by atoms with Crippen molar-refractivity contribution in [3.8, 4) is 51.2 Å². The molecule has 0 atom stereocenters. The minimum atomic E-state index is -0.169. The van der Waals surface area contributed by atoms with Gasteiger partial charge in [0.15, 0.2) is 28.8 Å². The topological polar surface area (TPSA) is 94.2 Å². The molecule has 0 radical (unpaired) electrons. The Labute approximate surface area is 150 Å². The van der Waals surface area contributed by atoms with Gasteiger partial charge >= 0.3 is 0 Å². The molecule has 0 fully saturated rings. The van der Waals surface area contributed by atoms with Crippen molar-refractivity contribution in [2.24, 2.45) is 0 Å². The highest BCUT2D eigenvalue weighted by molar-refractivity contribution is 5.85. The van der Waals surface area contributed by atoms with E-state index in [-0.39, 0.29) is 17.2 Å². The van der Waals surface area contributed by atoms with E-state index >= 15 is 0 Å². The number of phenolic OH excluding ortho intramolecular Hbond substituents is 2. The van der Waals surface area contributed by atoms with Gasteiger partial charge in [-0.25, -0.2) is 0 Å². The molecule has 0 aliphatic heterocycles. The zero-order valence-corrected chi connectivity index (χ0v) is 14.9. The number of hydrogen-bond acceptors (Lipinski definition) is 7. The molecule has 0 aliphatic rings. The summed E-state index contributed by atoms with van der Waals surface area (Å²) in [5.41, 5.74) is 2.46. The van der Waals surface area contributed by atoms with Crippen LogP contribution in [0.2, 0.25) is 0 Å². The van der Waals surface area contributed by atoms with E-state index in [0.29, 0.717) is 34.1 Å². The molecule has 26 heavy (non-hydrogen) atoms. The van der Waals surface area contributed by atoms with Crippen molar-refractivity contribution < 1.29 is 28.9 Å². The van der Waals surface area contributed by atoms with Crippen LogP contribution < -0.4 is 14.2 Å². The predicted octanol–water partition coefficient (Wildman–Crippen LogP) is 3.75. The third-order valence-corrected chi connectivity index (χ3v) is 4.08. The number of ether oxygens (including phenoxy) is 3. The molecule has 7 heteroatoms. The number of aryl methyl sites for hydroxylation is 1. The van der Waals surface area contributed by atoms with Crippen LogP contribution >= 0.6 is 0 Å². The number of aromatic nitrogens is 1. The first-order valence-electron chi connectivity index (χ1n) is 7.79. The van der Waals surface area contributed by atoms with E-state index in [1.807, 2.05) is 6.07 Å². The largest absolute Gasteiger partial charge is 0.507 e. The molecule has 0 aliphatic carbocycles. The summed E-state index contributed by atoms with van der Waals surface area (Å²) in [5, 5.41) is 24.1. The summed E-state index contributed by atoms with van der Waals surface area (Å²) in [6.45, 7) is 1.80. The van der Waals surface area contributed by atoms with Crippen molar-refractivity contribution in [1.82, 2.24) is 5.16 Å². The number of phenols is 2. The molecular weight excluding hydrogens is 338 g/mol. The van der Waals surface area contributed by atoms with E-state index in [4.69, 9.17) is 18.7 Å². The second-order valence-electron chi connectivity index (χ2n) is 5.58. The van der Waals surface area contributed by atoms with Crippen LogP contribution in [0.5, 0.6) is 28.7 Å². The summed E-state index contributed by atoms with van der Waals surface area (Å²) in [4.78, 5) is 0. The van der Waals surface area contributed by atoms with Gasteiger partial charge in [0.1, 0.15) is 5.75 Å². The van der Waals surface area contributed by atoms with Gasteiger partial charge in [0.05, 0.1) is 38.2 Å². The molecule has 0 bridgehead atoms. The first-order valence-corrected chi connectivity index (χ1v) is 7.79. The van der Waals surface area contributed by atoms with Crippen molar-refractivity contribution in [2.45, 2.75) is 6.92 Å². The Hall–Kier alpha value is -3.35. The Morgan fingerprint density at radius 3 is 2.19 bits per heavy atom. The highest BCUT2D eigenvalue weighted by atomic mass is 16.5. The summed E-state index contributed by atoms with van der Waals surface area (Å²) < 4.78 is 21.2. The van der Waals surface area contributed by atoms with E-state index in [2.05, 4.69) is 5.16 Å². The van der Waals surface area contributed by atoms with Crippen LogP contribution in [0.25, 0.3) is 22.5 Å². The SMILES string of the molecule is COc1cc(-c2onc(C)c2-c2ccc(OC)c(OC)c2)c(O)cc1O. The number of benzene rings is 2. The molecule has 1 aromatic heterocycles. The average molecular weight is 357 g/mol. The summed E-state index contributed by atoms with van der Waals surface area (Å²) in [6, 6.07) is 8.12. The monoisotopic (exact) mass is 357 g/mol. The third-order valence-electron chi connectivity index (χ3n) is 4.08. The van der Waals surface area contributed by atoms with Gasteiger partial charge in [-0.3, -0.25) is 0 Å². The Bertz CT molecular complexity index is 947. The van der Waals surface area contributed by atoms with Gasteiger partial charge in [0.2, 0.25) is 0 Å². The number of nitrogens with zero attached hydrogens (tertiary/aromatic N) is 1. The van der Waals surface area contributed by atoms with Crippen LogP contribution in [-0.4, -0.2) is 36.7 Å². The van der Waals surface area contributed by atoms with Gasteiger partial charge in [0.25, 0.3) is 0 Å². The maximum Gasteiger partial charge on any atom is 0.178 e. The zero-order chi connectivity index (χ0) is 18.8. The van der Waals surface area contributed by atoms with Gasteiger partial charge in [0, 0.05) is 6.07 Å². The number of hydrogen-bond donors (Lipinski definition) is 2. The normalized spacial score (nSPS) is 10.6. The summed E-state index contributed by atoms with van der Waals surface area (Å²) in [7, 11) is 4.55. The smallest absolute Gasteiger partial charge is 0.178 e. The van der Waals surface area contributed by atoms with E-state index in [0.717, 1.165) is 5.56 Å². The molecule has 0 spiro atoms. The standard InChI is InChI=1S/C19H19NO6/c1-10-18(11-5-6-15(23-2)17(7-11)25-4)19(26-20-10)12-8-16(24-3)14(22)9-13(12)21/h5-9,21-22H,1-4H3. The first kappa shape index (κ1) is 17.5. The minimum absolute atomic E-state index is 0.152. The molecule has 0 saturated carbocycles. The van der Waals surface area contributed by atoms with Crippen molar-refractivity contribution in [3.63, 3.8) is 0 Å². The summed E-state index contributed by atoms with van der Waals surface area (Å²) in [6.07, 6.45) is 0. The van der Waals surface area contributed by atoms with Crippen LogP contribution in [0.15, 0.2) is 34.9 Å². The maximum atomic E-state index is 10.3. The summed E-state index contributed by atoms with van der Waals surface area (Å²) in [5.74, 6) is 1.40. The second-order valence-corrected chi connectivity index (χ2v) is 5.58. The lowest BCUT2D eigenvalue weighted by Crippen LogP contribution is -1.92. The van der Waals surface area contributed by atoms with Crippen LogP contribution in [0.4, 0.5) is 0 Å². The highest BCUT2D eigenvalue weighted by Gasteiger charge is 2.22. The number of methoxy groups -OCH3 is 3. The van der Waals surface area contributed by atoms with E-state index in [1.54, 1.807) is 33.3 Å². The van der Waals surface area contributed by atoms with E-state index < -0.39 is 0 Å². The van der Waals surface area contributed by atoms with Crippen LogP contribution in [-0.2, 0) is 0 Å². The minimum Gasteiger partial charge on any atom is -0.507 e. The second kappa shape index (κ2) is 6.87. The van der Waals surface area contributed by atoms with Crippen LogP contribution in [0.3, 0.4) is 0 Å². The maximum absolute atomic E-state index is 10.3. The predicted molar refractivity (Wildman–Crippen MR) is 95.1 cm³/mol. The van der Waals surface area contributed by atoms with Gasteiger partial charge in [-0.2, -0.15) is 0 Å². The van der Waals surface area contributed by atoms with E-state index in [1.165, 1.54) is 19.2 Å². The van der Waals surface area contributed by atoms with Crippen molar-refractivity contribution in [2.75, 3.05) is 21.3 Å². The van der Waals surface area contributed by atoms with Crippen molar-refractivity contribution >= 4 is 0 Å². The molecule has 0 saturated heterocycles. The Morgan fingerprint density at radius 2 is 1.54 bits per heavy atom. The third kappa shape index (κ3) is 2.88. The number of aromatic hydroxyl groups is 2. The van der Waals surface area contributed by atoms with Gasteiger partial charge in [-0.05, 0) is 30.7 Å².